The maximum Gasteiger partial charge on any atom is 0.407 e. The van der Waals surface area contributed by atoms with Crippen molar-refractivity contribution >= 4 is 29.5 Å². The maximum absolute atomic E-state index is 12.2. The Labute approximate surface area is 185 Å². The van der Waals surface area contributed by atoms with E-state index in [-0.39, 0.29) is 5.92 Å². The van der Waals surface area contributed by atoms with Gasteiger partial charge in [-0.15, -0.1) is 11.3 Å². The first-order chi connectivity index (χ1) is 15.0. The average molecular weight is 434 g/mol. The van der Waals surface area contributed by atoms with E-state index in [2.05, 4.69) is 29.6 Å². The number of aryl methyl sites for hydroxylation is 1. The van der Waals surface area contributed by atoms with Gasteiger partial charge in [-0.1, -0.05) is 54.6 Å². The van der Waals surface area contributed by atoms with Crippen molar-refractivity contribution in [2.24, 2.45) is 0 Å². The van der Waals surface area contributed by atoms with E-state index in [1.54, 1.807) is 6.07 Å². The summed E-state index contributed by atoms with van der Waals surface area (Å²) in [4.78, 5) is 24.4. The van der Waals surface area contributed by atoms with Crippen LogP contribution in [0.25, 0.3) is 17.2 Å². The second kappa shape index (κ2) is 9.18. The summed E-state index contributed by atoms with van der Waals surface area (Å²) in [6.45, 7) is 2.63. The van der Waals surface area contributed by atoms with Crippen LogP contribution < -0.4 is 5.32 Å². The molecule has 2 aromatic carbocycles. The first-order valence-electron chi connectivity index (χ1n) is 10.1. The van der Waals surface area contributed by atoms with Gasteiger partial charge in [0.25, 0.3) is 0 Å². The molecule has 1 aromatic heterocycles. The van der Waals surface area contributed by atoms with Gasteiger partial charge in [0.1, 0.15) is 11.5 Å². The molecule has 158 valence electrons. The first kappa shape index (κ1) is 20.9. The van der Waals surface area contributed by atoms with Gasteiger partial charge in [0, 0.05) is 17.3 Å². The Morgan fingerprint density at radius 3 is 2.35 bits per heavy atom. The minimum Gasteiger partial charge on any atom is -0.477 e. The molecule has 0 bridgehead atoms. The number of carboxylic acids is 1. The predicted octanol–water partition coefficient (Wildman–Crippen LogP) is 5.70. The van der Waals surface area contributed by atoms with Crippen LogP contribution in [0.2, 0.25) is 0 Å². The molecular weight excluding hydrogens is 410 g/mol. The molecule has 0 aliphatic heterocycles. The molecule has 0 saturated heterocycles. The summed E-state index contributed by atoms with van der Waals surface area (Å²) in [5, 5.41) is 11.8. The number of hydrogen-bond donors (Lipinski definition) is 2. The Hall–Kier alpha value is -3.38. The molecule has 31 heavy (non-hydrogen) atoms. The van der Waals surface area contributed by atoms with Crippen LogP contribution in [0.4, 0.5) is 4.79 Å². The third-order valence-corrected chi connectivity index (χ3v) is 6.55. The molecule has 0 radical (unpaired) electrons. The lowest BCUT2D eigenvalue weighted by Crippen LogP contribution is -2.26. The molecule has 0 saturated carbocycles. The summed E-state index contributed by atoms with van der Waals surface area (Å²) >= 11 is 1.24. The van der Waals surface area contributed by atoms with Gasteiger partial charge in [-0.05, 0) is 53.3 Å². The third kappa shape index (κ3) is 4.54. The molecule has 1 heterocycles. The van der Waals surface area contributed by atoms with E-state index in [9.17, 15) is 9.59 Å². The molecule has 1 amide bonds. The van der Waals surface area contributed by atoms with E-state index in [1.807, 2.05) is 43.3 Å². The van der Waals surface area contributed by atoms with Crippen molar-refractivity contribution in [2.45, 2.75) is 19.3 Å². The van der Waals surface area contributed by atoms with Crippen LogP contribution in [0.3, 0.4) is 0 Å². The highest BCUT2D eigenvalue weighted by atomic mass is 32.1. The number of benzene rings is 2. The van der Waals surface area contributed by atoms with Crippen LogP contribution in [-0.4, -0.2) is 30.3 Å². The van der Waals surface area contributed by atoms with Crippen LogP contribution in [0.1, 0.15) is 43.6 Å². The van der Waals surface area contributed by atoms with Gasteiger partial charge >= 0.3 is 12.1 Å². The largest absolute Gasteiger partial charge is 0.477 e. The van der Waals surface area contributed by atoms with Crippen LogP contribution in [0.15, 0.2) is 60.7 Å². The molecule has 0 fully saturated rings. The number of nitrogens with one attached hydrogen (secondary N) is 1. The quantitative estimate of drug-likeness (QED) is 0.469. The van der Waals surface area contributed by atoms with E-state index < -0.39 is 12.1 Å². The highest BCUT2D eigenvalue weighted by Crippen LogP contribution is 2.44. The highest BCUT2D eigenvalue weighted by molar-refractivity contribution is 7.15. The predicted molar refractivity (Wildman–Crippen MR) is 123 cm³/mol. The topological polar surface area (TPSA) is 75.6 Å². The van der Waals surface area contributed by atoms with Crippen molar-refractivity contribution in [2.75, 3.05) is 13.2 Å². The van der Waals surface area contributed by atoms with Crippen LogP contribution in [-0.2, 0) is 4.74 Å². The third-order valence-electron chi connectivity index (χ3n) is 5.36. The number of ether oxygens (including phenoxy) is 1. The zero-order valence-electron chi connectivity index (χ0n) is 17.1. The fourth-order valence-electron chi connectivity index (χ4n) is 3.86. The number of amides is 1. The number of rotatable bonds is 7. The average Bonchev–Trinajstić information content (AvgIpc) is 3.30. The minimum absolute atomic E-state index is 0.0447. The summed E-state index contributed by atoms with van der Waals surface area (Å²) < 4.78 is 5.52. The Kier molecular flexibility index (Phi) is 6.18. The summed E-state index contributed by atoms with van der Waals surface area (Å²) in [5.74, 6) is -0.868. The number of carbonyl (C=O) groups is 2. The molecule has 0 unspecified atom stereocenters. The van der Waals surface area contributed by atoms with Gasteiger partial charge in [0.2, 0.25) is 0 Å². The van der Waals surface area contributed by atoms with Crippen LogP contribution in [0.5, 0.6) is 0 Å². The van der Waals surface area contributed by atoms with Crippen molar-refractivity contribution in [1.29, 1.82) is 0 Å². The molecule has 1 aliphatic carbocycles. The van der Waals surface area contributed by atoms with Crippen molar-refractivity contribution in [3.05, 3.63) is 87.1 Å². The Bertz CT molecular complexity index is 1100. The molecule has 6 heteroatoms. The Morgan fingerprint density at radius 1 is 1.10 bits per heavy atom. The number of hydrogen-bond acceptors (Lipinski definition) is 4. The second-order valence-electron chi connectivity index (χ2n) is 7.41. The molecule has 3 aromatic rings. The number of carbonyl (C=O) groups excluding carboxylic acids is 1. The number of fused-ring (bicyclic) bond motifs is 3. The summed E-state index contributed by atoms with van der Waals surface area (Å²) in [6, 6.07) is 18.1. The Balaban J connectivity index is 1.27. The Morgan fingerprint density at radius 2 is 1.74 bits per heavy atom. The van der Waals surface area contributed by atoms with Gasteiger partial charge in [-0.2, -0.15) is 0 Å². The zero-order valence-corrected chi connectivity index (χ0v) is 17.9. The van der Waals surface area contributed by atoms with Crippen molar-refractivity contribution in [3.63, 3.8) is 0 Å². The fourth-order valence-corrected chi connectivity index (χ4v) is 4.81. The number of carboxylic acid groups (broad SMARTS) is 1. The lowest BCUT2D eigenvalue weighted by atomic mass is 9.98. The molecular formula is C25H23NO4S. The summed E-state index contributed by atoms with van der Waals surface area (Å²) in [6.07, 6.45) is 4.01. The zero-order chi connectivity index (χ0) is 21.8. The SMILES string of the molecule is Cc1cc(C(=O)O)sc1C=CCCNC(=O)OCC1c2ccccc2-c2ccccc21. The number of thiophene rings is 1. The molecule has 4 rings (SSSR count). The van der Waals surface area contributed by atoms with Crippen molar-refractivity contribution < 1.29 is 19.4 Å². The van der Waals surface area contributed by atoms with Gasteiger partial charge < -0.3 is 15.2 Å². The van der Waals surface area contributed by atoms with Gasteiger partial charge in [0.05, 0.1) is 0 Å². The summed E-state index contributed by atoms with van der Waals surface area (Å²) in [7, 11) is 0. The molecule has 5 nitrogen and oxygen atoms in total. The van der Waals surface area contributed by atoms with Gasteiger partial charge in [-0.25, -0.2) is 9.59 Å². The van der Waals surface area contributed by atoms with E-state index in [1.165, 1.54) is 33.6 Å². The van der Waals surface area contributed by atoms with E-state index >= 15 is 0 Å². The minimum atomic E-state index is -0.912. The molecule has 2 N–H and O–H groups in total. The summed E-state index contributed by atoms with van der Waals surface area (Å²) in [5.41, 5.74) is 5.71. The highest BCUT2D eigenvalue weighted by Gasteiger charge is 2.28. The van der Waals surface area contributed by atoms with Crippen LogP contribution >= 0.6 is 11.3 Å². The maximum atomic E-state index is 12.2. The lowest BCUT2D eigenvalue weighted by molar-refractivity contribution is 0.0702. The van der Waals surface area contributed by atoms with Crippen molar-refractivity contribution in [1.82, 2.24) is 5.32 Å². The van der Waals surface area contributed by atoms with Crippen LogP contribution in [0, 0.1) is 6.92 Å². The van der Waals surface area contributed by atoms with Gasteiger partial charge in [-0.3, -0.25) is 0 Å². The smallest absolute Gasteiger partial charge is 0.407 e. The monoisotopic (exact) mass is 433 g/mol. The van der Waals surface area contributed by atoms with E-state index in [4.69, 9.17) is 9.84 Å². The second-order valence-corrected chi connectivity index (χ2v) is 8.49. The molecule has 0 atom stereocenters. The van der Waals surface area contributed by atoms with Crippen molar-refractivity contribution in [3.8, 4) is 11.1 Å². The normalized spacial score (nSPS) is 12.5. The molecule has 1 aliphatic rings. The lowest BCUT2D eigenvalue weighted by Gasteiger charge is -2.14. The van der Waals surface area contributed by atoms with Gasteiger partial charge in [0.15, 0.2) is 0 Å². The molecule has 0 spiro atoms. The standard InChI is InChI=1S/C25H23NO4S/c1-16-14-23(24(27)28)31-22(16)12-6-7-13-26-25(29)30-15-21-19-10-4-2-8-17(19)18-9-3-5-11-20(18)21/h2-6,8-12,14,21H,7,13,15H2,1H3,(H,26,29)(H,27,28). The van der Waals surface area contributed by atoms with E-state index in [0.29, 0.717) is 24.4 Å². The number of aromatic carboxylic acids is 1. The first-order valence-corrected chi connectivity index (χ1v) is 11.0. The fraction of sp³-hybridized carbons (Fsp3) is 0.200. The van der Waals surface area contributed by atoms with E-state index in [0.717, 1.165) is 10.4 Å². The number of alkyl carbamates (subject to hydrolysis) is 1.